The van der Waals surface area contributed by atoms with E-state index in [1.165, 1.54) is 0 Å². The number of rotatable bonds is 9. The lowest BCUT2D eigenvalue weighted by Crippen LogP contribution is -2.21. The Morgan fingerprint density at radius 2 is 2.14 bits per heavy atom. The van der Waals surface area contributed by atoms with E-state index in [9.17, 15) is 4.79 Å². The molecule has 0 heterocycles. The molecular formula is C15H22N2O3S. The number of thiocarbonyl (C=S) groups is 1. The van der Waals surface area contributed by atoms with Crippen molar-refractivity contribution in [3.63, 3.8) is 0 Å². The lowest BCUT2D eigenvalue weighted by molar-refractivity contribution is -0.118. The molecule has 0 saturated heterocycles. The van der Waals surface area contributed by atoms with Crippen LogP contribution in [0.1, 0.15) is 25.8 Å². The van der Waals surface area contributed by atoms with Crippen LogP contribution in [0.4, 0.5) is 5.69 Å². The molecule has 0 spiro atoms. The molecule has 5 nitrogen and oxygen atoms in total. The van der Waals surface area contributed by atoms with Crippen molar-refractivity contribution in [3.05, 3.63) is 29.8 Å². The number of nitrogens with one attached hydrogen (secondary N) is 1. The predicted molar refractivity (Wildman–Crippen MR) is 87.5 cm³/mol. The Kier molecular flexibility index (Phi) is 7.89. The summed E-state index contributed by atoms with van der Waals surface area (Å²) in [6, 6.07) is 7.18. The Labute approximate surface area is 130 Å². The molecule has 1 atom stereocenters. The van der Waals surface area contributed by atoms with Crippen LogP contribution in [-0.4, -0.2) is 36.8 Å². The average Bonchev–Trinajstić information content (AvgIpc) is 2.45. The molecule has 116 valence electrons. The van der Waals surface area contributed by atoms with E-state index in [4.69, 9.17) is 27.4 Å². The maximum Gasteiger partial charge on any atom is 0.226 e. The largest absolute Gasteiger partial charge is 0.389 e. The van der Waals surface area contributed by atoms with Gasteiger partial charge in [0.1, 0.15) is 4.99 Å². The van der Waals surface area contributed by atoms with Gasteiger partial charge in [0, 0.05) is 12.2 Å². The molecule has 1 aromatic carbocycles. The smallest absolute Gasteiger partial charge is 0.226 e. The molecule has 1 aromatic rings. The summed E-state index contributed by atoms with van der Waals surface area (Å²) in [6.45, 7) is 5.37. The number of para-hydroxylation sites is 1. The first kappa shape index (κ1) is 17.6. The van der Waals surface area contributed by atoms with Crippen molar-refractivity contribution in [1.82, 2.24) is 0 Å². The van der Waals surface area contributed by atoms with E-state index in [1.807, 2.05) is 26.0 Å². The number of nitrogens with two attached hydrogens (primary N) is 1. The average molecular weight is 310 g/mol. The third-order valence-corrected chi connectivity index (χ3v) is 2.97. The molecule has 0 aromatic heterocycles. The first-order valence-corrected chi connectivity index (χ1v) is 7.33. The second kappa shape index (κ2) is 9.44. The third kappa shape index (κ3) is 6.66. The number of carbonyl (C=O) groups is 1. The van der Waals surface area contributed by atoms with E-state index >= 15 is 0 Å². The summed E-state index contributed by atoms with van der Waals surface area (Å²) in [6.07, 6.45) is 0.240. The number of carbonyl (C=O) groups excluding carboxylic acids is 1. The van der Waals surface area contributed by atoms with Gasteiger partial charge < -0.3 is 20.5 Å². The van der Waals surface area contributed by atoms with E-state index in [2.05, 4.69) is 5.32 Å². The molecule has 0 bridgehead atoms. The molecule has 1 rings (SSSR count). The van der Waals surface area contributed by atoms with Gasteiger partial charge in [-0.05, 0) is 26.0 Å². The molecule has 0 aliphatic carbocycles. The van der Waals surface area contributed by atoms with E-state index in [1.54, 1.807) is 12.1 Å². The first-order chi connectivity index (χ1) is 10.0. The number of hydrogen-bond donors (Lipinski definition) is 2. The number of hydrogen-bond acceptors (Lipinski definition) is 4. The van der Waals surface area contributed by atoms with Gasteiger partial charge in [-0.3, -0.25) is 4.79 Å². The van der Waals surface area contributed by atoms with Crippen molar-refractivity contribution in [1.29, 1.82) is 0 Å². The fourth-order valence-corrected chi connectivity index (χ4v) is 1.88. The maximum atomic E-state index is 11.9. The summed E-state index contributed by atoms with van der Waals surface area (Å²) >= 11 is 4.95. The van der Waals surface area contributed by atoms with Gasteiger partial charge in [-0.1, -0.05) is 24.4 Å². The van der Waals surface area contributed by atoms with Crippen LogP contribution in [0.2, 0.25) is 0 Å². The molecule has 0 aliphatic heterocycles. The molecule has 0 fully saturated rings. The Bertz CT molecular complexity index is 480. The quantitative estimate of drug-likeness (QED) is 0.683. The first-order valence-electron chi connectivity index (χ1n) is 6.92. The monoisotopic (exact) mass is 310 g/mol. The van der Waals surface area contributed by atoms with Crippen molar-refractivity contribution < 1.29 is 14.3 Å². The summed E-state index contributed by atoms with van der Waals surface area (Å²) in [4.78, 5) is 12.1. The van der Waals surface area contributed by atoms with Crippen LogP contribution in [0.3, 0.4) is 0 Å². The topological polar surface area (TPSA) is 73.6 Å². The van der Waals surface area contributed by atoms with Crippen molar-refractivity contribution >= 4 is 28.8 Å². The highest BCUT2D eigenvalue weighted by molar-refractivity contribution is 7.80. The van der Waals surface area contributed by atoms with Crippen LogP contribution in [0.5, 0.6) is 0 Å². The van der Waals surface area contributed by atoms with E-state index in [0.29, 0.717) is 31.1 Å². The van der Waals surface area contributed by atoms with Crippen LogP contribution < -0.4 is 11.1 Å². The maximum absolute atomic E-state index is 11.9. The molecule has 0 saturated carbocycles. The van der Waals surface area contributed by atoms with Crippen molar-refractivity contribution in [2.24, 2.45) is 5.73 Å². The zero-order chi connectivity index (χ0) is 15.7. The Hall–Kier alpha value is -1.50. The van der Waals surface area contributed by atoms with Gasteiger partial charge in [-0.15, -0.1) is 0 Å². The highest BCUT2D eigenvalue weighted by Gasteiger charge is 2.09. The minimum atomic E-state index is -0.137. The molecular weight excluding hydrogens is 288 g/mol. The molecule has 0 aliphatic rings. The van der Waals surface area contributed by atoms with E-state index in [-0.39, 0.29) is 23.4 Å². The number of anilines is 1. The van der Waals surface area contributed by atoms with Gasteiger partial charge in [0.15, 0.2) is 0 Å². The van der Waals surface area contributed by atoms with Crippen molar-refractivity contribution in [3.8, 4) is 0 Å². The van der Waals surface area contributed by atoms with Crippen molar-refractivity contribution in [2.45, 2.75) is 26.4 Å². The van der Waals surface area contributed by atoms with Crippen LogP contribution in [0.15, 0.2) is 24.3 Å². The van der Waals surface area contributed by atoms with Gasteiger partial charge in [-0.25, -0.2) is 0 Å². The third-order valence-electron chi connectivity index (χ3n) is 2.75. The fraction of sp³-hybridized carbons (Fsp3) is 0.467. The summed E-state index contributed by atoms with van der Waals surface area (Å²) in [5.74, 6) is -0.137. The van der Waals surface area contributed by atoms with Crippen LogP contribution >= 0.6 is 12.2 Å². The summed E-state index contributed by atoms with van der Waals surface area (Å²) in [5.41, 5.74) is 6.90. The lowest BCUT2D eigenvalue weighted by Gasteiger charge is -2.13. The standard InChI is InChI=1S/C15H22N2O3S/c1-3-19-10-11(2)20-9-8-14(18)17-13-7-5-4-6-12(13)15(16)21/h4-7,11H,3,8-10H2,1-2H3,(H2,16,21)(H,17,18). The van der Waals surface area contributed by atoms with Gasteiger partial charge in [0.2, 0.25) is 5.91 Å². The zero-order valence-corrected chi connectivity index (χ0v) is 13.2. The predicted octanol–water partition coefficient (Wildman–Crippen LogP) is 2.09. The number of amides is 1. The highest BCUT2D eigenvalue weighted by atomic mass is 32.1. The van der Waals surface area contributed by atoms with Gasteiger partial charge >= 0.3 is 0 Å². The minimum Gasteiger partial charge on any atom is -0.389 e. The van der Waals surface area contributed by atoms with Gasteiger partial charge in [-0.2, -0.15) is 0 Å². The molecule has 21 heavy (non-hydrogen) atoms. The highest BCUT2D eigenvalue weighted by Crippen LogP contribution is 2.15. The molecule has 1 unspecified atom stereocenters. The van der Waals surface area contributed by atoms with E-state index < -0.39 is 0 Å². The van der Waals surface area contributed by atoms with Crippen LogP contribution in [0.25, 0.3) is 0 Å². The van der Waals surface area contributed by atoms with Crippen LogP contribution in [0, 0.1) is 0 Å². The molecule has 6 heteroatoms. The number of ether oxygens (including phenoxy) is 2. The Morgan fingerprint density at radius 1 is 1.43 bits per heavy atom. The second-order valence-electron chi connectivity index (χ2n) is 4.55. The van der Waals surface area contributed by atoms with Gasteiger partial charge in [0.05, 0.1) is 31.4 Å². The molecule has 0 radical (unpaired) electrons. The summed E-state index contributed by atoms with van der Waals surface area (Å²) in [7, 11) is 0. The minimum absolute atomic E-state index is 0.0262. The second-order valence-corrected chi connectivity index (χ2v) is 4.99. The zero-order valence-electron chi connectivity index (χ0n) is 12.4. The Morgan fingerprint density at radius 3 is 2.81 bits per heavy atom. The van der Waals surface area contributed by atoms with Gasteiger partial charge in [0.25, 0.3) is 0 Å². The normalized spacial score (nSPS) is 11.9. The SMILES string of the molecule is CCOCC(C)OCCC(=O)Nc1ccccc1C(N)=S. The number of benzene rings is 1. The molecule has 1 amide bonds. The Balaban J connectivity index is 2.39. The lowest BCUT2D eigenvalue weighted by atomic mass is 10.1. The van der Waals surface area contributed by atoms with Crippen molar-refractivity contribution in [2.75, 3.05) is 25.1 Å². The summed E-state index contributed by atoms with van der Waals surface area (Å²) in [5, 5.41) is 2.79. The van der Waals surface area contributed by atoms with Crippen LogP contribution in [-0.2, 0) is 14.3 Å². The molecule has 3 N–H and O–H groups in total. The summed E-state index contributed by atoms with van der Waals surface area (Å²) < 4.78 is 10.7. The van der Waals surface area contributed by atoms with E-state index in [0.717, 1.165) is 0 Å². The fourth-order valence-electron chi connectivity index (χ4n) is 1.70.